The van der Waals surface area contributed by atoms with Crippen LogP contribution in [-0.4, -0.2) is 24.4 Å². The number of hydrogen-bond donors (Lipinski definition) is 2. The SMILES string of the molecule is O=C1CCC(NC(=O)C2(c3ccccc3)CCCC2)CN1. The molecule has 4 heteroatoms. The van der Waals surface area contributed by atoms with Crippen LogP contribution in [0.4, 0.5) is 0 Å². The largest absolute Gasteiger partial charge is 0.354 e. The maximum Gasteiger partial charge on any atom is 0.230 e. The van der Waals surface area contributed by atoms with Gasteiger partial charge in [-0.25, -0.2) is 0 Å². The van der Waals surface area contributed by atoms with Crippen molar-refractivity contribution in [3.05, 3.63) is 35.9 Å². The van der Waals surface area contributed by atoms with Crippen molar-refractivity contribution in [3.63, 3.8) is 0 Å². The van der Waals surface area contributed by atoms with Crippen LogP contribution >= 0.6 is 0 Å². The van der Waals surface area contributed by atoms with E-state index in [1.54, 1.807) is 0 Å². The van der Waals surface area contributed by atoms with Crippen molar-refractivity contribution in [1.82, 2.24) is 10.6 Å². The third-order valence-electron chi connectivity index (χ3n) is 4.82. The summed E-state index contributed by atoms with van der Waals surface area (Å²) in [5.74, 6) is 0.214. The molecule has 4 nitrogen and oxygen atoms in total. The minimum absolute atomic E-state index is 0.0661. The highest BCUT2D eigenvalue weighted by Crippen LogP contribution is 2.41. The van der Waals surface area contributed by atoms with Crippen molar-refractivity contribution in [2.75, 3.05) is 6.54 Å². The fraction of sp³-hybridized carbons (Fsp3) is 0.529. The van der Waals surface area contributed by atoms with E-state index in [9.17, 15) is 9.59 Å². The first-order valence-corrected chi connectivity index (χ1v) is 7.84. The molecule has 2 fully saturated rings. The Morgan fingerprint density at radius 1 is 1.19 bits per heavy atom. The van der Waals surface area contributed by atoms with Gasteiger partial charge in [-0.15, -0.1) is 0 Å². The van der Waals surface area contributed by atoms with E-state index in [0.29, 0.717) is 13.0 Å². The second-order valence-corrected chi connectivity index (χ2v) is 6.17. The maximum atomic E-state index is 12.9. The summed E-state index contributed by atoms with van der Waals surface area (Å²) in [6.07, 6.45) is 5.28. The van der Waals surface area contributed by atoms with Crippen molar-refractivity contribution >= 4 is 11.8 Å². The van der Waals surface area contributed by atoms with Crippen molar-refractivity contribution in [1.29, 1.82) is 0 Å². The molecule has 1 aromatic carbocycles. The summed E-state index contributed by atoms with van der Waals surface area (Å²) in [6.45, 7) is 0.551. The molecule has 112 valence electrons. The molecule has 1 saturated carbocycles. The van der Waals surface area contributed by atoms with Gasteiger partial charge >= 0.3 is 0 Å². The van der Waals surface area contributed by atoms with Crippen molar-refractivity contribution in [2.45, 2.75) is 50.0 Å². The van der Waals surface area contributed by atoms with Crippen LogP contribution in [0.25, 0.3) is 0 Å². The molecule has 2 N–H and O–H groups in total. The summed E-state index contributed by atoms with van der Waals surface area (Å²) < 4.78 is 0. The van der Waals surface area contributed by atoms with Crippen LogP contribution in [-0.2, 0) is 15.0 Å². The fourth-order valence-corrected chi connectivity index (χ4v) is 3.56. The highest BCUT2D eigenvalue weighted by Gasteiger charge is 2.43. The van der Waals surface area contributed by atoms with Crippen molar-refractivity contribution < 1.29 is 9.59 Å². The number of nitrogens with one attached hydrogen (secondary N) is 2. The molecule has 1 atom stereocenters. The van der Waals surface area contributed by atoms with Crippen molar-refractivity contribution in [2.24, 2.45) is 0 Å². The molecule has 1 unspecified atom stereocenters. The zero-order chi connectivity index (χ0) is 14.7. The summed E-state index contributed by atoms with van der Waals surface area (Å²) in [4.78, 5) is 24.1. The van der Waals surface area contributed by atoms with Gasteiger partial charge in [0.1, 0.15) is 0 Å². The normalized spacial score (nSPS) is 24.4. The van der Waals surface area contributed by atoms with E-state index in [2.05, 4.69) is 22.8 Å². The first-order valence-electron chi connectivity index (χ1n) is 7.84. The number of carbonyl (C=O) groups excluding carboxylic acids is 2. The van der Waals surface area contributed by atoms with E-state index in [1.807, 2.05) is 18.2 Å². The number of carbonyl (C=O) groups is 2. The van der Waals surface area contributed by atoms with Gasteiger partial charge in [0, 0.05) is 19.0 Å². The lowest BCUT2D eigenvalue weighted by molar-refractivity contribution is -0.129. The standard InChI is InChI=1S/C17H22N2O2/c20-15-9-8-14(12-18-15)19-16(21)17(10-4-5-11-17)13-6-2-1-3-7-13/h1-3,6-7,14H,4-5,8-12H2,(H,18,20)(H,19,21). The Balaban J connectivity index is 1.75. The Morgan fingerprint density at radius 2 is 1.90 bits per heavy atom. The molecule has 3 rings (SSSR count). The van der Waals surface area contributed by atoms with Gasteiger partial charge in [0.05, 0.1) is 5.41 Å². The van der Waals surface area contributed by atoms with E-state index in [4.69, 9.17) is 0 Å². The topological polar surface area (TPSA) is 58.2 Å². The van der Waals surface area contributed by atoms with Gasteiger partial charge in [-0.05, 0) is 24.8 Å². The van der Waals surface area contributed by atoms with Crippen LogP contribution in [0.15, 0.2) is 30.3 Å². The predicted molar refractivity (Wildman–Crippen MR) is 80.8 cm³/mol. The quantitative estimate of drug-likeness (QED) is 0.891. The fourth-order valence-electron chi connectivity index (χ4n) is 3.56. The lowest BCUT2D eigenvalue weighted by Gasteiger charge is -2.32. The van der Waals surface area contributed by atoms with E-state index >= 15 is 0 Å². The Bertz CT molecular complexity index is 511. The molecule has 0 aromatic heterocycles. The van der Waals surface area contributed by atoms with E-state index in [-0.39, 0.29) is 23.3 Å². The molecular weight excluding hydrogens is 264 g/mol. The molecule has 0 bridgehead atoms. The van der Waals surface area contributed by atoms with Crippen LogP contribution < -0.4 is 10.6 Å². The van der Waals surface area contributed by atoms with E-state index in [0.717, 1.165) is 37.7 Å². The van der Waals surface area contributed by atoms with Crippen LogP contribution in [0.5, 0.6) is 0 Å². The van der Waals surface area contributed by atoms with E-state index in [1.165, 1.54) is 0 Å². The smallest absolute Gasteiger partial charge is 0.230 e. The average Bonchev–Trinajstić information content (AvgIpc) is 3.01. The first kappa shape index (κ1) is 14.1. The minimum atomic E-state index is -0.372. The highest BCUT2D eigenvalue weighted by molar-refractivity contribution is 5.89. The van der Waals surface area contributed by atoms with Gasteiger partial charge in [0.15, 0.2) is 0 Å². The van der Waals surface area contributed by atoms with Crippen LogP contribution in [0.1, 0.15) is 44.1 Å². The van der Waals surface area contributed by atoms with Crippen LogP contribution in [0, 0.1) is 0 Å². The van der Waals surface area contributed by atoms with Gasteiger partial charge in [-0.2, -0.15) is 0 Å². The van der Waals surface area contributed by atoms with Gasteiger partial charge < -0.3 is 10.6 Å². The lowest BCUT2D eigenvalue weighted by Crippen LogP contribution is -2.52. The predicted octanol–water partition coefficient (Wildman–Crippen LogP) is 1.89. The molecule has 0 spiro atoms. The second kappa shape index (κ2) is 5.88. The monoisotopic (exact) mass is 286 g/mol. The highest BCUT2D eigenvalue weighted by atomic mass is 16.2. The number of amides is 2. The summed E-state index contributed by atoms with van der Waals surface area (Å²) in [6, 6.07) is 10.2. The average molecular weight is 286 g/mol. The lowest BCUT2D eigenvalue weighted by atomic mass is 9.77. The summed E-state index contributed by atoms with van der Waals surface area (Å²) in [5.41, 5.74) is 0.753. The number of hydrogen-bond acceptors (Lipinski definition) is 2. The zero-order valence-corrected chi connectivity index (χ0v) is 12.2. The molecule has 1 aliphatic heterocycles. The second-order valence-electron chi connectivity index (χ2n) is 6.17. The number of piperidine rings is 1. The number of benzene rings is 1. The zero-order valence-electron chi connectivity index (χ0n) is 12.2. The van der Waals surface area contributed by atoms with Gasteiger partial charge in [-0.3, -0.25) is 9.59 Å². The summed E-state index contributed by atoms with van der Waals surface area (Å²) in [5, 5.41) is 5.99. The summed E-state index contributed by atoms with van der Waals surface area (Å²) in [7, 11) is 0. The Morgan fingerprint density at radius 3 is 2.52 bits per heavy atom. The molecule has 2 amide bonds. The Kier molecular flexibility index (Phi) is 3.95. The Hall–Kier alpha value is -1.84. The van der Waals surface area contributed by atoms with E-state index < -0.39 is 0 Å². The van der Waals surface area contributed by atoms with Crippen molar-refractivity contribution in [3.8, 4) is 0 Å². The molecule has 1 aromatic rings. The molecule has 2 aliphatic rings. The Labute approximate surface area is 125 Å². The van der Waals surface area contributed by atoms with Gasteiger partial charge in [-0.1, -0.05) is 43.2 Å². The number of rotatable bonds is 3. The van der Waals surface area contributed by atoms with Gasteiger partial charge in [0.2, 0.25) is 11.8 Å². The molecule has 1 aliphatic carbocycles. The third kappa shape index (κ3) is 2.80. The first-order chi connectivity index (χ1) is 10.2. The molecule has 1 heterocycles. The van der Waals surface area contributed by atoms with Crippen LogP contribution in [0.2, 0.25) is 0 Å². The minimum Gasteiger partial charge on any atom is -0.354 e. The summed E-state index contributed by atoms with van der Waals surface area (Å²) >= 11 is 0. The molecule has 0 radical (unpaired) electrons. The van der Waals surface area contributed by atoms with Crippen LogP contribution in [0.3, 0.4) is 0 Å². The maximum absolute atomic E-state index is 12.9. The third-order valence-corrected chi connectivity index (χ3v) is 4.82. The molecular formula is C17H22N2O2. The van der Waals surface area contributed by atoms with Gasteiger partial charge in [0.25, 0.3) is 0 Å². The molecule has 21 heavy (non-hydrogen) atoms. The molecule has 1 saturated heterocycles.